The highest BCUT2D eigenvalue weighted by Crippen LogP contribution is 2.17. The topological polar surface area (TPSA) is 75.6 Å². The molecule has 1 rings (SSSR count). The lowest BCUT2D eigenvalue weighted by atomic mass is 9.98. The first kappa shape index (κ1) is 16.2. The Morgan fingerprint density at radius 3 is 2.35 bits per heavy atom. The van der Waals surface area contributed by atoms with Crippen LogP contribution < -0.4 is 5.32 Å². The highest BCUT2D eigenvalue weighted by molar-refractivity contribution is 5.87. The standard InChI is InChI=1S/C15H21NO4/c1-4-10(2)12(15(18)19)16-14(17)13(20-3)11-8-6-5-7-9-11/h5-10,12-13H,4H2,1-3H3,(H,16,17)(H,18,19)/t10-,12+,13+/m0/s1. The SMILES string of the molecule is CC[C@H](C)[C@@H](NC(=O)[C@H](OC)c1ccccc1)C(=O)O. The molecular weight excluding hydrogens is 258 g/mol. The van der Waals surface area contributed by atoms with Crippen molar-refractivity contribution in [3.05, 3.63) is 35.9 Å². The number of amides is 1. The zero-order chi connectivity index (χ0) is 15.1. The van der Waals surface area contributed by atoms with Gasteiger partial charge in [0.25, 0.3) is 5.91 Å². The number of carbonyl (C=O) groups is 2. The minimum Gasteiger partial charge on any atom is -0.480 e. The minimum absolute atomic E-state index is 0.148. The summed E-state index contributed by atoms with van der Waals surface area (Å²) in [5.74, 6) is -1.62. The summed E-state index contributed by atoms with van der Waals surface area (Å²) in [5.41, 5.74) is 0.695. The number of hydrogen-bond acceptors (Lipinski definition) is 3. The molecule has 1 amide bonds. The van der Waals surface area contributed by atoms with Gasteiger partial charge >= 0.3 is 5.97 Å². The van der Waals surface area contributed by atoms with Crippen molar-refractivity contribution in [2.45, 2.75) is 32.4 Å². The lowest BCUT2D eigenvalue weighted by Crippen LogP contribution is -2.47. The smallest absolute Gasteiger partial charge is 0.326 e. The van der Waals surface area contributed by atoms with Gasteiger partial charge in [0, 0.05) is 7.11 Å². The number of methoxy groups -OCH3 is 1. The number of benzene rings is 1. The third-order valence-corrected chi connectivity index (χ3v) is 3.35. The Balaban J connectivity index is 2.84. The third kappa shape index (κ3) is 4.06. The van der Waals surface area contributed by atoms with E-state index in [4.69, 9.17) is 4.74 Å². The van der Waals surface area contributed by atoms with Gasteiger partial charge in [-0.3, -0.25) is 4.79 Å². The van der Waals surface area contributed by atoms with E-state index in [1.807, 2.05) is 13.0 Å². The van der Waals surface area contributed by atoms with Crippen LogP contribution in [-0.4, -0.2) is 30.1 Å². The molecule has 1 aromatic rings. The van der Waals surface area contributed by atoms with E-state index in [2.05, 4.69) is 5.32 Å². The second kappa shape index (κ2) is 7.65. The van der Waals surface area contributed by atoms with Crippen LogP contribution in [0.25, 0.3) is 0 Å². The Kier molecular flexibility index (Phi) is 6.18. The van der Waals surface area contributed by atoms with Crippen LogP contribution in [-0.2, 0) is 14.3 Å². The van der Waals surface area contributed by atoms with Crippen molar-refractivity contribution in [1.29, 1.82) is 0 Å². The van der Waals surface area contributed by atoms with E-state index in [1.54, 1.807) is 31.2 Å². The zero-order valence-electron chi connectivity index (χ0n) is 12.0. The third-order valence-electron chi connectivity index (χ3n) is 3.35. The van der Waals surface area contributed by atoms with Gasteiger partial charge in [-0.1, -0.05) is 50.6 Å². The van der Waals surface area contributed by atoms with E-state index >= 15 is 0 Å². The van der Waals surface area contributed by atoms with E-state index in [9.17, 15) is 14.7 Å². The lowest BCUT2D eigenvalue weighted by Gasteiger charge is -2.23. The molecule has 0 aliphatic carbocycles. The maximum absolute atomic E-state index is 12.2. The van der Waals surface area contributed by atoms with Crippen molar-refractivity contribution in [2.75, 3.05) is 7.11 Å². The maximum Gasteiger partial charge on any atom is 0.326 e. The number of aliphatic carboxylic acids is 1. The Hall–Kier alpha value is -1.88. The van der Waals surface area contributed by atoms with Crippen LogP contribution in [0.5, 0.6) is 0 Å². The molecule has 5 heteroatoms. The van der Waals surface area contributed by atoms with E-state index in [0.717, 1.165) is 0 Å². The average Bonchev–Trinajstić information content (AvgIpc) is 2.45. The number of carboxylic acids is 1. The monoisotopic (exact) mass is 279 g/mol. The molecule has 110 valence electrons. The maximum atomic E-state index is 12.2. The molecule has 1 aromatic carbocycles. The van der Waals surface area contributed by atoms with Crippen molar-refractivity contribution in [1.82, 2.24) is 5.32 Å². The van der Waals surface area contributed by atoms with Gasteiger partial charge in [-0.2, -0.15) is 0 Å². The summed E-state index contributed by atoms with van der Waals surface area (Å²) in [6.45, 7) is 3.68. The largest absolute Gasteiger partial charge is 0.480 e. The van der Waals surface area contributed by atoms with Crippen LogP contribution in [0.1, 0.15) is 31.9 Å². The number of hydrogen-bond donors (Lipinski definition) is 2. The van der Waals surface area contributed by atoms with Gasteiger partial charge in [0.05, 0.1) is 0 Å². The molecule has 0 fully saturated rings. The van der Waals surface area contributed by atoms with E-state index in [1.165, 1.54) is 7.11 Å². The summed E-state index contributed by atoms with van der Waals surface area (Å²) < 4.78 is 5.19. The number of ether oxygens (including phenoxy) is 1. The van der Waals surface area contributed by atoms with Gasteiger partial charge < -0.3 is 15.2 Å². The normalized spacial score (nSPS) is 15.2. The molecular formula is C15H21NO4. The van der Waals surface area contributed by atoms with Crippen LogP contribution in [0.4, 0.5) is 0 Å². The van der Waals surface area contributed by atoms with Gasteiger partial charge in [0.2, 0.25) is 0 Å². The first-order chi connectivity index (χ1) is 9.51. The van der Waals surface area contributed by atoms with Crippen LogP contribution in [0, 0.1) is 5.92 Å². The number of nitrogens with one attached hydrogen (secondary N) is 1. The zero-order valence-corrected chi connectivity index (χ0v) is 12.0. The van der Waals surface area contributed by atoms with Crippen molar-refractivity contribution in [3.8, 4) is 0 Å². The predicted octanol–water partition coefficient (Wildman–Crippen LogP) is 1.99. The van der Waals surface area contributed by atoms with E-state index in [-0.39, 0.29) is 5.92 Å². The summed E-state index contributed by atoms with van der Waals surface area (Å²) in [6, 6.07) is 8.08. The van der Waals surface area contributed by atoms with Crippen molar-refractivity contribution in [2.24, 2.45) is 5.92 Å². The van der Waals surface area contributed by atoms with Gasteiger partial charge in [0.1, 0.15) is 6.04 Å². The summed E-state index contributed by atoms with van der Waals surface area (Å²) in [6.07, 6.45) is -0.137. The van der Waals surface area contributed by atoms with Crippen molar-refractivity contribution in [3.63, 3.8) is 0 Å². The predicted molar refractivity (Wildman–Crippen MR) is 75.2 cm³/mol. The van der Waals surface area contributed by atoms with Crippen molar-refractivity contribution >= 4 is 11.9 Å². The fourth-order valence-electron chi connectivity index (χ4n) is 1.93. The summed E-state index contributed by atoms with van der Waals surface area (Å²) in [4.78, 5) is 23.4. The fraction of sp³-hybridized carbons (Fsp3) is 0.467. The van der Waals surface area contributed by atoms with Gasteiger partial charge in [0.15, 0.2) is 6.10 Å². The fourth-order valence-corrected chi connectivity index (χ4v) is 1.93. The number of rotatable bonds is 7. The second-order valence-electron chi connectivity index (χ2n) is 4.74. The molecule has 0 saturated heterocycles. The van der Waals surface area contributed by atoms with E-state index < -0.39 is 24.0 Å². The van der Waals surface area contributed by atoms with Crippen LogP contribution in [0.2, 0.25) is 0 Å². The van der Waals surface area contributed by atoms with Crippen molar-refractivity contribution < 1.29 is 19.4 Å². The first-order valence-corrected chi connectivity index (χ1v) is 6.62. The highest BCUT2D eigenvalue weighted by Gasteiger charge is 2.29. The second-order valence-corrected chi connectivity index (χ2v) is 4.74. The molecule has 0 unspecified atom stereocenters. The van der Waals surface area contributed by atoms with Crippen LogP contribution in [0.3, 0.4) is 0 Å². The molecule has 3 atom stereocenters. The van der Waals surface area contributed by atoms with Gasteiger partial charge in [-0.05, 0) is 11.5 Å². The number of carboxylic acid groups (broad SMARTS) is 1. The Labute approximate surface area is 118 Å². The molecule has 0 aliphatic rings. The van der Waals surface area contributed by atoms with Gasteiger partial charge in [-0.25, -0.2) is 4.79 Å². The molecule has 5 nitrogen and oxygen atoms in total. The summed E-state index contributed by atoms with van der Waals surface area (Å²) in [5, 5.41) is 11.7. The lowest BCUT2D eigenvalue weighted by molar-refractivity contribution is -0.145. The first-order valence-electron chi connectivity index (χ1n) is 6.62. The van der Waals surface area contributed by atoms with Crippen LogP contribution >= 0.6 is 0 Å². The summed E-state index contributed by atoms with van der Waals surface area (Å²) in [7, 11) is 1.43. The molecule has 0 radical (unpaired) electrons. The Bertz CT molecular complexity index is 446. The molecule has 0 bridgehead atoms. The molecule has 0 aliphatic heterocycles. The van der Waals surface area contributed by atoms with E-state index in [0.29, 0.717) is 12.0 Å². The Morgan fingerprint density at radius 2 is 1.90 bits per heavy atom. The molecule has 2 N–H and O–H groups in total. The Morgan fingerprint density at radius 1 is 1.30 bits per heavy atom. The average molecular weight is 279 g/mol. The minimum atomic E-state index is -1.03. The molecule has 0 saturated carbocycles. The van der Waals surface area contributed by atoms with Gasteiger partial charge in [-0.15, -0.1) is 0 Å². The quantitative estimate of drug-likeness (QED) is 0.800. The molecule has 20 heavy (non-hydrogen) atoms. The van der Waals surface area contributed by atoms with Crippen LogP contribution in [0.15, 0.2) is 30.3 Å². The molecule has 0 spiro atoms. The molecule has 0 heterocycles. The molecule has 0 aromatic heterocycles. The summed E-state index contributed by atoms with van der Waals surface area (Å²) >= 11 is 0. The highest BCUT2D eigenvalue weighted by atomic mass is 16.5. The number of carbonyl (C=O) groups excluding carboxylic acids is 1.